The molecule has 1 amide bonds. The molecule has 1 fully saturated rings. The smallest absolute Gasteiger partial charge is 0.410 e. The summed E-state index contributed by atoms with van der Waals surface area (Å²) in [4.78, 5) is 23.8. The molecule has 0 radical (unpaired) electrons. The first kappa shape index (κ1) is 20.9. The number of carbonyl (C=O) groups excluding carboxylic acids is 1. The Balaban J connectivity index is 0.000000188. The molecule has 2 aromatic rings. The first-order valence-corrected chi connectivity index (χ1v) is 10.1. The van der Waals surface area contributed by atoms with E-state index in [0.29, 0.717) is 5.56 Å². The molecule has 2 unspecified atom stereocenters. The highest BCUT2D eigenvalue weighted by atomic mass is 16.6. The first-order valence-electron chi connectivity index (χ1n) is 10.1. The van der Waals surface area contributed by atoms with E-state index >= 15 is 0 Å². The first-order chi connectivity index (χ1) is 13.8. The van der Waals surface area contributed by atoms with E-state index in [1.807, 2.05) is 19.9 Å². The minimum atomic E-state index is -0.859. The van der Waals surface area contributed by atoms with Gasteiger partial charge in [0.1, 0.15) is 6.10 Å². The lowest BCUT2D eigenvalue weighted by Crippen LogP contribution is -2.27. The average molecular weight is 395 g/mol. The average Bonchev–Trinajstić information content (AvgIpc) is 2.95. The van der Waals surface area contributed by atoms with Gasteiger partial charge in [0.2, 0.25) is 0 Å². The monoisotopic (exact) mass is 395 g/mol. The van der Waals surface area contributed by atoms with Crippen molar-refractivity contribution in [1.82, 2.24) is 4.90 Å². The van der Waals surface area contributed by atoms with Crippen LogP contribution < -0.4 is 0 Å². The van der Waals surface area contributed by atoms with Crippen LogP contribution in [-0.2, 0) is 17.6 Å². The molecule has 29 heavy (non-hydrogen) atoms. The second-order valence-electron chi connectivity index (χ2n) is 8.01. The van der Waals surface area contributed by atoms with Crippen LogP contribution in [0.2, 0.25) is 0 Å². The molecule has 4 rings (SSSR count). The SMILES string of the molecule is CC1C(c2ccc3c(c2)CCCC3)OC(=O)N1C.Cc1ccc(C(=O)O)c(C)c1. The maximum atomic E-state index is 11.6. The number of nitrogens with zero attached hydrogens (tertiary/aromatic N) is 1. The number of amides is 1. The third-order valence-electron chi connectivity index (χ3n) is 5.88. The molecule has 0 saturated carbocycles. The Labute approximate surface area is 172 Å². The number of fused-ring (bicyclic) bond motifs is 1. The molecule has 1 heterocycles. The van der Waals surface area contributed by atoms with Crippen LogP contribution in [0.3, 0.4) is 0 Å². The van der Waals surface area contributed by atoms with Crippen molar-refractivity contribution in [3.05, 3.63) is 69.8 Å². The van der Waals surface area contributed by atoms with Crippen molar-refractivity contribution in [2.75, 3.05) is 7.05 Å². The number of benzene rings is 2. The number of carbonyl (C=O) groups is 2. The lowest BCUT2D eigenvalue weighted by molar-refractivity contribution is 0.0696. The number of rotatable bonds is 2. The van der Waals surface area contributed by atoms with E-state index in [2.05, 4.69) is 18.2 Å². The second kappa shape index (κ2) is 8.68. The zero-order valence-electron chi connectivity index (χ0n) is 17.6. The zero-order chi connectivity index (χ0) is 21.1. The highest BCUT2D eigenvalue weighted by molar-refractivity contribution is 5.89. The summed E-state index contributed by atoms with van der Waals surface area (Å²) in [6, 6.07) is 12.0. The molecule has 2 aromatic carbocycles. The number of likely N-dealkylation sites (N-methyl/N-ethyl adjacent to an activating group) is 1. The molecule has 5 nitrogen and oxygen atoms in total. The van der Waals surface area contributed by atoms with Crippen molar-refractivity contribution in [1.29, 1.82) is 0 Å². The predicted molar refractivity (Wildman–Crippen MR) is 112 cm³/mol. The molecule has 0 bridgehead atoms. The molecule has 0 spiro atoms. The van der Waals surface area contributed by atoms with E-state index in [0.717, 1.165) is 23.1 Å². The van der Waals surface area contributed by atoms with Gasteiger partial charge >= 0.3 is 12.1 Å². The number of carboxylic acid groups (broad SMARTS) is 1. The van der Waals surface area contributed by atoms with Crippen molar-refractivity contribution < 1.29 is 19.4 Å². The zero-order valence-corrected chi connectivity index (χ0v) is 17.6. The summed E-state index contributed by atoms with van der Waals surface area (Å²) < 4.78 is 5.45. The van der Waals surface area contributed by atoms with E-state index in [-0.39, 0.29) is 18.2 Å². The fourth-order valence-corrected chi connectivity index (χ4v) is 3.99. The summed E-state index contributed by atoms with van der Waals surface area (Å²) in [5.74, 6) is -0.859. The van der Waals surface area contributed by atoms with Gasteiger partial charge in [-0.3, -0.25) is 0 Å². The Kier molecular flexibility index (Phi) is 6.26. The third kappa shape index (κ3) is 4.61. The van der Waals surface area contributed by atoms with Gasteiger partial charge in [-0.2, -0.15) is 0 Å². The van der Waals surface area contributed by atoms with Gasteiger partial charge in [0.25, 0.3) is 0 Å². The number of ether oxygens (including phenoxy) is 1. The lowest BCUT2D eigenvalue weighted by Gasteiger charge is -2.20. The Morgan fingerprint density at radius 3 is 2.34 bits per heavy atom. The maximum Gasteiger partial charge on any atom is 0.410 e. The van der Waals surface area contributed by atoms with Crippen LogP contribution in [0.4, 0.5) is 4.79 Å². The Morgan fingerprint density at radius 2 is 1.76 bits per heavy atom. The van der Waals surface area contributed by atoms with Gasteiger partial charge in [0.05, 0.1) is 11.6 Å². The molecule has 1 saturated heterocycles. The molecule has 5 heteroatoms. The largest absolute Gasteiger partial charge is 0.478 e. The van der Waals surface area contributed by atoms with Gasteiger partial charge in [0, 0.05) is 7.05 Å². The van der Waals surface area contributed by atoms with Gasteiger partial charge in [-0.1, -0.05) is 35.9 Å². The van der Waals surface area contributed by atoms with E-state index in [1.54, 1.807) is 31.0 Å². The molecular formula is C24H29NO4. The number of aryl methyl sites for hydroxylation is 4. The normalized spacial score (nSPS) is 20.4. The van der Waals surface area contributed by atoms with Crippen LogP contribution in [0.1, 0.15) is 64.0 Å². The summed E-state index contributed by atoms with van der Waals surface area (Å²) >= 11 is 0. The Morgan fingerprint density at radius 1 is 1.07 bits per heavy atom. The minimum Gasteiger partial charge on any atom is -0.478 e. The van der Waals surface area contributed by atoms with Gasteiger partial charge < -0.3 is 14.7 Å². The standard InChI is InChI=1S/C15H19NO2.C9H10O2/c1-10-14(18-15(17)16(10)2)13-8-7-11-5-3-4-6-12(11)9-13;1-6-3-4-8(9(10)11)7(2)5-6/h7-10,14H,3-6H2,1-2H3;3-5H,1-2H3,(H,10,11). The van der Waals surface area contributed by atoms with E-state index in [4.69, 9.17) is 9.84 Å². The fraction of sp³-hybridized carbons (Fsp3) is 0.417. The highest BCUT2D eigenvalue weighted by Gasteiger charge is 2.37. The molecule has 154 valence electrons. The Bertz CT molecular complexity index is 921. The second-order valence-corrected chi connectivity index (χ2v) is 8.01. The quantitative estimate of drug-likeness (QED) is 0.770. The van der Waals surface area contributed by atoms with Crippen LogP contribution in [0.25, 0.3) is 0 Å². The molecule has 1 aliphatic heterocycles. The summed E-state index contributed by atoms with van der Waals surface area (Å²) in [6.45, 7) is 5.78. The van der Waals surface area contributed by atoms with Crippen LogP contribution in [0, 0.1) is 13.8 Å². The maximum absolute atomic E-state index is 11.6. The van der Waals surface area contributed by atoms with Gasteiger partial charge in [-0.25, -0.2) is 9.59 Å². The summed E-state index contributed by atoms with van der Waals surface area (Å²) in [6.07, 6.45) is 4.59. The number of aromatic carboxylic acids is 1. The molecule has 2 atom stereocenters. The molecule has 1 N–H and O–H groups in total. The van der Waals surface area contributed by atoms with Crippen LogP contribution in [0.15, 0.2) is 36.4 Å². The van der Waals surface area contributed by atoms with E-state index in [1.165, 1.54) is 30.4 Å². The fourth-order valence-electron chi connectivity index (χ4n) is 3.99. The van der Waals surface area contributed by atoms with Crippen molar-refractivity contribution in [2.45, 2.75) is 58.6 Å². The van der Waals surface area contributed by atoms with E-state index < -0.39 is 5.97 Å². The predicted octanol–water partition coefficient (Wildman–Crippen LogP) is 5.08. The molecular weight excluding hydrogens is 366 g/mol. The molecule has 0 aromatic heterocycles. The summed E-state index contributed by atoms with van der Waals surface area (Å²) in [5.41, 5.74) is 6.34. The van der Waals surface area contributed by atoms with Crippen LogP contribution >= 0.6 is 0 Å². The molecule has 2 aliphatic rings. The number of hydrogen-bond donors (Lipinski definition) is 1. The summed E-state index contributed by atoms with van der Waals surface area (Å²) in [7, 11) is 1.80. The number of cyclic esters (lactones) is 1. The van der Waals surface area contributed by atoms with Crippen LogP contribution in [0.5, 0.6) is 0 Å². The van der Waals surface area contributed by atoms with Crippen LogP contribution in [-0.4, -0.2) is 35.2 Å². The van der Waals surface area contributed by atoms with Gasteiger partial charge in [0.15, 0.2) is 0 Å². The van der Waals surface area contributed by atoms with Crippen molar-refractivity contribution in [3.8, 4) is 0 Å². The number of hydrogen-bond acceptors (Lipinski definition) is 3. The summed E-state index contributed by atoms with van der Waals surface area (Å²) in [5, 5.41) is 8.66. The molecule has 1 aliphatic carbocycles. The van der Waals surface area contributed by atoms with Crippen molar-refractivity contribution in [2.24, 2.45) is 0 Å². The Hall–Kier alpha value is -2.82. The lowest BCUT2D eigenvalue weighted by atomic mass is 9.89. The topological polar surface area (TPSA) is 66.8 Å². The third-order valence-corrected chi connectivity index (χ3v) is 5.88. The minimum absolute atomic E-state index is 0.110. The van der Waals surface area contributed by atoms with E-state index in [9.17, 15) is 9.59 Å². The van der Waals surface area contributed by atoms with Crippen molar-refractivity contribution >= 4 is 12.1 Å². The number of carboxylic acids is 1. The van der Waals surface area contributed by atoms with Gasteiger partial charge in [-0.15, -0.1) is 0 Å². The van der Waals surface area contributed by atoms with Gasteiger partial charge in [-0.05, 0) is 74.8 Å². The van der Waals surface area contributed by atoms with Crippen molar-refractivity contribution in [3.63, 3.8) is 0 Å². The highest BCUT2D eigenvalue weighted by Crippen LogP contribution is 2.33.